The zero-order valence-electron chi connectivity index (χ0n) is 13.1. The normalized spacial score (nSPS) is 15.1. The predicted molar refractivity (Wildman–Crippen MR) is 87.6 cm³/mol. The van der Waals surface area contributed by atoms with Crippen LogP contribution in [-0.2, 0) is 0 Å². The van der Waals surface area contributed by atoms with Gasteiger partial charge in [0.15, 0.2) is 5.69 Å². The quantitative estimate of drug-likeness (QED) is 0.841. The SMILES string of the molecule is COc1ccc(C(=O)N(C2CC2)[C@@H](C)c2ccc(Cl)cc2)nn1. The first-order valence-corrected chi connectivity index (χ1v) is 7.94. The molecule has 1 heterocycles. The average molecular weight is 332 g/mol. The molecule has 23 heavy (non-hydrogen) atoms. The minimum Gasteiger partial charge on any atom is -0.480 e. The smallest absolute Gasteiger partial charge is 0.275 e. The molecule has 1 aromatic heterocycles. The monoisotopic (exact) mass is 331 g/mol. The fourth-order valence-electron chi connectivity index (χ4n) is 2.59. The van der Waals surface area contributed by atoms with Crippen molar-refractivity contribution in [3.8, 4) is 5.88 Å². The van der Waals surface area contributed by atoms with E-state index >= 15 is 0 Å². The van der Waals surface area contributed by atoms with Crippen LogP contribution in [0.5, 0.6) is 5.88 Å². The molecule has 0 spiro atoms. The van der Waals surface area contributed by atoms with Gasteiger partial charge < -0.3 is 9.64 Å². The van der Waals surface area contributed by atoms with Gasteiger partial charge in [0.1, 0.15) is 0 Å². The van der Waals surface area contributed by atoms with Crippen LogP contribution in [0.1, 0.15) is 41.9 Å². The first kappa shape index (κ1) is 15.7. The van der Waals surface area contributed by atoms with Gasteiger partial charge in [-0.2, -0.15) is 0 Å². The van der Waals surface area contributed by atoms with Crippen LogP contribution >= 0.6 is 11.6 Å². The van der Waals surface area contributed by atoms with Crippen LogP contribution < -0.4 is 4.74 Å². The largest absolute Gasteiger partial charge is 0.480 e. The summed E-state index contributed by atoms with van der Waals surface area (Å²) in [5.41, 5.74) is 1.38. The molecular weight excluding hydrogens is 314 g/mol. The van der Waals surface area contributed by atoms with Gasteiger partial charge in [-0.25, -0.2) is 0 Å². The molecule has 1 atom stereocenters. The second-order valence-corrected chi connectivity index (χ2v) is 6.07. The summed E-state index contributed by atoms with van der Waals surface area (Å²) in [7, 11) is 1.52. The average Bonchev–Trinajstić information content (AvgIpc) is 3.40. The minimum absolute atomic E-state index is 0.0452. The van der Waals surface area contributed by atoms with Crippen LogP contribution in [0.25, 0.3) is 0 Å². The zero-order valence-corrected chi connectivity index (χ0v) is 13.8. The van der Waals surface area contributed by atoms with Crippen LogP contribution in [0.2, 0.25) is 5.02 Å². The molecule has 1 aliphatic carbocycles. The van der Waals surface area contributed by atoms with E-state index in [1.54, 1.807) is 12.1 Å². The van der Waals surface area contributed by atoms with Crippen LogP contribution in [0.4, 0.5) is 0 Å². The highest BCUT2D eigenvalue weighted by Crippen LogP contribution is 2.35. The van der Waals surface area contributed by atoms with Crippen LogP contribution in [0, 0.1) is 0 Å². The van der Waals surface area contributed by atoms with E-state index in [4.69, 9.17) is 16.3 Å². The molecule has 3 rings (SSSR count). The standard InChI is InChI=1S/C17H18ClN3O2/c1-11(12-3-5-13(18)6-4-12)21(14-7-8-14)17(22)15-9-10-16(23-2)20-19-15/h3-6,9-11,14H,7-8H2,1-2H3/t11-/m0/s1. The minimum atomic E-state index is -0.106. The maximum Gasteiger partial charge on any atom is 0.275 e. The van der Waals surface area contributed by atoms with E-state index in [1.807, 2.05) is 36.1 Å². The fourth-order valence-corrected chi connectivity index (χ4v) is 2.71. The number of carbonyl (C=O) groups excluding carboxylic acids is 1. The summed E-state index contributed by atoms with van der Waals surface area (Å²) in [6.45, 7) is 2.02. The first-order chi connectivity index (χ1) is 11.1. The number of hydrogen-bond acceptors (Lipinski definition) is 4. The van der Waals surface area contributed by atoms with Crippen LogP contribution in [0.3, 0.4) is 0 Å². The summed E-state index contributed by atoms with van der Waals surface area (Å²) in [6.07, 6.45) is 2.04. The molecule has 5 nitrogen and oxygen atoms in total. The Morgan fingerprint density at radius 3 is 2.43 bits per heavy atom. The summed E-state index contributed by atoms with van der Waals surface area (Å²) in [4.78, 5) is 14.8. The number of aromatic nitrogens is 2. The molecule has 120 valence electrons. The maximum atomic E-state index is 12.9. The molecule has 1 aromatic carbocycles. The lowest BCUT2D eigenvalue weighted by Crippen LogP contribution is -2.36. The van der Waals surface area contributed by atoms with Crippen LogP contribution in [0.15, 0.2) is 36.4 Å². The Kier molecular flexibility index (Phi) is 4.48. The predicted octanol–water partition coefficient (Wildman–Crippen LogP) is 3.50. The third-order valence-corrected chi connectivity index (χ3v) is 4.26. The van der Waals surface area contributed by atoms with E-state index in [1.165, 1.54) is 7.11 Å². The fraction of sp³-hybridized carbons (Fsp3) is 0.353. The van der Waals surface area contributed by atoms with Gasteiger partial charge in [0.25, 0.3) is 5.91 Å². The Hall–Kier alpha value is -2.14. The van der Waals surface area contributed by atoms with Crippen molar-refractivity contribution in [3.63, 3.8) is 0 Å². The number of nitrogens with zero attached hydrogens (tertiary/aromatic N) is 3. The molecule has 0 bridgehead atoms. The van der Waals surface area contributed by atoms with Gasteiger partial charge in [-0.1, -0.05) is 23.7 Å². The van der Waals surface area contributed by atoms with Crippen molar-refractivity contribution >= 4 is 17.5 Å². The van der Waals surface area contributed by atoms with Crippen molar-refractivity contribution in [2.24, 2.45) is 0 Å². The molecule has 0 aliphatic heterocycles. The second-order valence-electron chi connectivity index (χ2n) is 5.63. The number of rotatable bonds is 5. The molecule has 1 aliphatic rings. The van der Waals surface area contributed by atoms with Gasteiger partial charge >= 0.3 is 0 Å². The number of ether oxygens (including phenoxy) is 1. The molecule has 0 radical (unpaired) electrons. The summed E-state index contributed by atoms with van der Waals surface area (Å²) in [5, 5.41) is 8.56. The second kappa shape index (κ2) is 6.54. The number of amides is 1. The lowest BCUT2D eigenvalue weighted by molar-refractivity contribution is 0.0666. The molecule has 2 aromatic rings. The van der Waals surface area contributed by atoms with Gasteiger partial charge in [0.05, 0.1) is 13.2 Å². The number of halogens is 1. The Bertz CT molecular complexity index is 684. The summed E-state index contributed by atoms with van der Waals surface area (Å²) in [5.74, 6) is 0.287. The highest BCUT2D eigenvalue weighted by atomic mass is 35.5. The van der Waals surface area contributed by atoms with Crippen molar-refractivity contribution in [2.45, 2.75) is 31.8 Å². The van der Waals surface area contributed by atoms with Crippen molar-refractivity contribution in [1.29, 1.82) is 0 Å². The van der Waals surface area contributed by atoms with E-state index in [0.29, 0.717) is 16.6 Å². The lowest BCUT2D eigenvalue weighted by atomic mass is 10.1. The Labute approximate surface area is 140 Å². The van der Waals surface area contributed by atoms with Gasteiger partial charge in [0, 0.05) is 17.1 Å². The van der Waals surface area contributed by atoms with Gasteiger partial charge in [-0.3, -0.25) is 4.79 Å². The molecule has 0 unspecified atom stereocenters. The highest BCUT2D eigenvalue weighted by Gasteiger charge is 2.37. The Balaban J connectivity index is 1.85. The molecule has 1 amide bonds. The summed E-state index contributed by atoms with van der Waals surface area (Å²) < 4.78 is 4.99. The molecule has 0 N–H and O–H groups in total. The topological polar surface area (TPSA) is 55.3 Å². The van der Waals surface area contributed by atoms with Gasteiger partial charge in [-0.15, -0.1) is 10.2 Å². The lowest BCUT2D eigenvalue weighted by Gasteiger charge is -2.29. The molecular formula is C17H18ClN3O2. The van der Waals surface area contributed by atoms with Crippen molar-refractivity contribution < 1.29 is 9.53 Å². The highest BCUT2D eigenvalue weighted by molar-refractivity contribution is 6.30. The van der Waals surface area contributed by atoms with E-state index in [9.17, 15) is 4.79 Å². The van der Waals surface area contributed by atoms with Gasteiger partial charge in [-0.05, 0) is 43.5 Å². The van der Waals surface area contributed by atoms with E-state index < -0.39 is 0 Å². The zero-order chi connectivity index (χ0) is 16.4. The number of benzene rings is 1. The molecule has 0 saturated heterocycles. The van der Waals surface area contributed by atoms with E-state index in [0.717, 1.165) is 18.4 Å². The Morgan fingerprint density at radius 2 is 1.91 bits per heavy atom. The summed E-state index contributed by atoms with van der Waals surface area (Å²) >= 11 is 5.95. The van der Waals surface area contributed by atoms with Crippen molar-refractivity contribution in [1.82, 2.24) is 15.1 Å². The third-order valence-electron chi connectivity index (χ3n) is 4.01. The first-order valence-electron chi connectivity index (χ1n) is 7.56. The Morgan fingerprint density at radius 1 is 1.22 bits per heavy atom. The number of carbonyl (C=O) groups is 1. The number of hydrogen-bond donors (Lipinski definition) is 0. The molecule has 1 fully saturated rings. The molecule has 6 heteroatoms. The summed E-state index contributed by atoms with van der Waals surface area (Å²) in [6, 6.07) is 11.1. The van der Waals surface area contributed by atoms with E-state index in [-0.39, 0.29) is 18.0 Å². The number of methoxy groups -OCH3 is 1. The maximum absolute atomic E-state index is 12.9. The van der Waals surface area contributed by atoms with Gasteiger partial charge in [0.2, 0.25) is 5.88 Å². The van der Waals surface area contributed by atoms with E-state index in [2.05, 4.69) is 10.2 Å². The third kappa shape index (κ3) is 3.45. The van der Waals surface area contributed by atoms with Crippen molar-refractivity contribution in [3.05, 3.63) is 52.7 Å². The van der Waals surface area contributed by atoms with Crippen molar-refractivity contribution in [2.75, 3.05) is 7.11 Å². The molecule has 1 saturated carbocycles. The van der Waals surface area contributed by atoms with Crippen LogP contribution in [-0.4, -0.2) is 34.2 Å².